The minimum atomic E-state index is -1.43. The van der Waals surface area contributed by atoms with E-state index < -0.39 is 12.3 Å². The summed E-state index contributed by atoms with van der Waals surface area (Å²) in [5.74, 6) is 0. The van der Waals surface area contributed by atoms with Crippen molar-refractivity contribution in [3.63, 3.8) is 0 Å². The molecule has 0 aromatic carbocycles. The number of rotatable bonds is 3. The molecule has 0 aliphatic carbocycles. The summed E-state index contributed by atoms with van der Waals surface area (Å²) in [6.07, 6.45) is -0.973. The summed E-state index contributed by atoms with van der Waals surface area (Å²) in [6.45, 7) is 5.37. The van der Waals surface area contributed by atoms with E-state index in [0.717, 1.165) is 5.57 Å². The van der Waals surface area contributed by atoms with Gasteiger partial charge in [-0.25, -0.2) is 0 Å². The zero-order valence-corrected chi connectivity index (χ0v) is 5.54. The molecule has 4 N–H and O–H groups in total. The first-order chi connectivity index (χ1) is 4.04. The van der Waals surface area contributed by atoms with Gasteiger partial charge in [-0.15, -0.1) is 6.58 Å². The summed E-state index contributed by atoms with van der Waals surface area (Å²) < 4.78 is 0. The molecule has 0 fully saturated rings. The summed E-state index contributed by atoms with van der Waals surface area (Å²) in [5, 5.41) is 16.9. The van der Waals surface area contributed by atoms with Crippen LogP contribution in [0, 0.1) is 0 Å². The lowest BCUT2D eigenvalue weighted by molar-refractivity contribution is -0.0577. The zero-order valence-electron chi connectivity index (χ0n) is 5.54. The third kappa shape index (κ3) is 4.14. The van der Waals surface area contributed by atoms with Crippen molar-refractivity contribution in [3.05, 3.63) is 12.2 Å². The van der Waals surface area contributed by atoms with Gasteiger partial charge in [-0.1, -0.05) is 5.57 Å². The summed E-state index contributed by atoms with van der Waals surface area (Å²) in [4.78, 5) is 0. The van der Waals surface area contributed by atoms with E-state index in [-0.39, 0.29) is 0 Å². The van der Waals surface area contributed by atoms with Crippen LogP contribution < -0.4 is 5.73 Å². The molecule has 0 unspecified atom stereocenters. The van der Waals surface area contributed by atoms with Crippen LogP contribution in [-0.2, 0) is 0 Å². The highest BCUT2D eigenvalue weighted by atomic mass is 16.5. The molecular formula is C6H13NO2. The third-order valence-electron chi connectivity index (χ3n) is 0.967. The highest BCUT2D eigenvalue weighted by Gasteiger charge is 2.09. The largest absolute Gasteiger partial charge is 0.367 e. The maximum Gasteiger partial charge on any atom is 0.167 e. The minimum Gasteiger partial charge on any atom is -0.367 e. The number of nitrogens with two attached hydrogens (primary N) is 1. The third-order valence-corrected chi connectivity index (χ3v) is 0.967. The van der Waals surface area contributed by atoms with Crippen LogP contribution in [0.25, 0.3) is 0 Å². The fourth-order valence-corrected chi connectivity index (χ4v) is 0.508. The zero-order chi connectivity index (χ0) is 7.44. The van der Waals surface area contributed by atoms with Gasteiger partial charge in [0.05, 0.1) is 6.04 Å². The molecule has 0 heterocycles. The van der Waals surface area contributed by atoms with E-state index in [1.54, 1.807) is 6.92 Å². The molecule has 3 heteroatoms. The van der Waals surface area contributed by atoms with Crippen molar-refractivity contribution in [2.75, 3.05) is 0 Å². The molecule has 0 rings (SSSR count). The molecule has 0 radical (unpaired) electrons. The van der Waals surface area contributed by atoms with Crippen LogP contribution in [0.4, 0.5) is 0 Å². The molecule has 54 valence electrons. The van der Waals surface area contributed by atoms with Crippen molar-refractivity contribution in [2.24, 2.45) is 5.73 Å². The predicted octanol–water partition coefficient (Wildman–Crippen LogP) is -0.409. The van der Waals surface area contributed by atoms with Gasteiger partial charge in [-0.3, -0.25) is 0 Å². The first-order valence-electron chi connectivity index (χ1n) is 2.80. The van der Waals surface area contributed by atoms with Crippen molar-refractivity contribution >= 4 is 0 Å². The fourth-order valence-electron chi connectivity index (χ4n) is 0.508. The molecule has 0 aliphatic heterocycles. The lowest BCUT2D eigenvalue weighted by atomic mass is 10.1. The van der Waals surface area contributed by atoms with Crippen molar-refractivity contribution < 1.29 is 10.2 Å². The average Bonchev–Trinajstić information content (AvgIpc) is 1.63. The SMILES string of the molecule is C=C(C)C[C@H](N)C(O)O. The van der Waals surface area contributed by atoms with Gasteiger partial charge >= 0.3 is 0 Å². The smallest absolute Gasteiger partial charge is 0.167 e. The molecular weight excluding hydrogens is 118 g/mol. The van der Waals surface area contributed by atoms with Crippen LogP contribution in [-0.4, -0.2) is 22.5 Å². The number of aliphatic hydroxyl groups is 2. The van der Waals surface area contributed by atoms with Gasteiger partial charge in [0.25, 0.3) is 0 Å². The molecule has 0 aromatic heterocycles. The summed E-state index contributed by atoms with van der Waals surface area (Å²) in [6, 6.07) is -0.595. The molecule has 0 bridgehead atoms. The van der Waals surface area contributed by atoms with E-state index in [4.69, 9.17) is 15.9 Å². The Hall–Kier alpha value is -0.380. The van der Waals surface area contributed by atoms with Crippen LogP contribution in [0.5, 0.6) is 0 Å². The summed E-state index contributed by atoms with van der Waals surface area (Å²) in [7, 11) is 0. The van der Waals surface area contributed by atoms with E-state index in [1.807, 2.05) is 0 Å². The molecule has 0 aliphatic rings. The second-order valence-electron chi connectivity index (χ2n) is 2.24. The number of aliphatic hydroxyl groups excluding tert-OH is 1. The molecule has 0 saturated heterocycles. The normalized spacial score (nSPS) is 13.9. The Morgan fingerprint density at radius 3 is 2.22 bits per heavy atom. The second-order valence-corrected chi connectivity index (χ2v) is 2.24. The number of hydrogen-bond donors (Lipinski definition) is 3. The topological polar surface area (TPSA) is 66.5 Å². The highest BCUT2D eigenvalue weighted by molar-refractivity contribution is 4.92. The Kier molecular flexibility index (Phi) is 3.46. The van der Waals surface area contributed by atoms with Crippen molar-refractivity contribution in [1.82, 2.24) is 0 Å². The Morgan fingerprint density at radius 1 is 1.67 bits per heavy atom. The van der Waals surface area contributed by atoms with Crippen molar-refractivity contribution in [1.29, 1.82) is 0 Å². The molecule has 3 nitrogen and oxygen atoms in total. The van der Waals surface area contributed by atoms with Gasteiger partial charge in [0.15, 0.2) is 6.29 Å². The van der Waals surface area contributed by atoms with E-state index in [0.29, 0.717) is 6.42 Å². The van der Waals surface area contributed by atoms with E-state index in [9.17, 15) is 0 Å². The Morgan fingerprint density at radius 2 is 2.11 bits per heavy atom. The Labute approximate surface area is 54.8 Å². The monoisotopic (exact) mass is 131 g/mol. The lowest BCUT2D eigenvalue weighted by Gasteiger charge is -2.12. The summed E-state index contributed by atoms with van der Waals surface area (Å²) >= 11 is 0. The molecule has 0 saturated carbocycles. The van der Waals surface area contributed by atoms with Crippen molar-refractivity contribution in [2.45, 2.75) is 25.7 Å². The van der Waals surface area contributed by atoms with E-state index >= 15 is 0 Å². The fraction of sp³-hybridized carbons (Fsp3) is 0.667. The average molecular weight is 131 g/mol. The van der Waals surface area contributed by atoms with Gasteiger partial charge in [0, 0.05) is 0 Å². The predicted molar refractivity (Wildman–Crippen MR) is 35.6 cm³/mol. The Balaban J connectivity index is 3.50. The first-order valence-corrected chi connectivity index (χ1v) is 2.80. The molecule has 0 amide bonds. The van der Waals surface area contributed by atoms with Crippen LogP contribution in [0.3, 0.4) is 0 Å². The summed E-state index contributed by atoms with van der Waals surface area (Å²) in [5.41, 5.74) is 6.11. The maximum atomic E-state index is 8.46. The van der Waals surface area contributed by atoms with Gasteiger partial charge in [-0.05, 0) is 13.3 Å². The van der Waals surface area contributed by atoms with Gasteiger partial charge in [0.2, 0.25) is 0 Å². The first kappa shape index (κ1) is 8.62. The van der Waals surface area contributed by atoms with Crippen molar-refractivity contribution in [3.8, 4) is 0 Å². The highest BCUT2D eigenvalue weighted by Crippen LogP contribution is 2.00. The maximum absolute atomic E-state index is 8.46. The Bertz CT molecular complexity index is 101. The van der Waals surface area contributed by atoms with Crippen LogP contribution in [0.1, 0.15) is 13.3 Å². The lowest BCUT2D eigenvalue weighted by Crippen LogP contribution is -2.34. The van der Waals surface area contributed by atoms with Crippen LogP contribution >= 0.6 is 0 Å². The quantitative estimate of drug-likeness (QED) is 0.360. The number of hydrogen-bond acceptors (Lipinski definition) is 3. The van der Waals surface area contributed by atoms with Crippen LogP contribution in [0.2, 0.25) is 0 Å². The van der Waals surface area contributed by atoms with E-state index in [2.05, 4.69) is 6.58 Å². The second kappa shape index (κ2) is 3.61. The standard InChI is InChI=1S/C6H13NO2/c1-4(2)3-5(7)6(8)9/h5-6,8-9H,1,3,7H2,2H3/t5-/m0/s1. The van der Waals surface area contributed by atoms with Gasteiger partial charge in [0.1, 0.15) is 0 Å². The minimum absolute atomic E-state index is 0.456. The van der Waals surface area contributed by atoms with Crippen LogP contribution in [0.15, 0.2) is 12.2 Å². The van der Waals surface area contributed by atoms with Gasteiger partial charge in [-0.2, -0.15) is 0 Å². The molecule has 1 atom stereocenters. The molecule has 0 spiro atoms. The van der Waals surface area contributed by atoms with Gasteiger partial charge < -0.3 is 15.9 Å². The van der Waals surface area contributed by atoms with E-state index in [1.165, 1.54) is 0 Å². The molecule has 9 heavy (non-hydrogen) atoms. The molecule has 0 aromatic rings.